The van der Waals surface area contributed by atoms with Gasteiger partial charge in [0.15, 0.2) is 5.82 Å². The van der Waals surface area contributed by atoms with E-state index in [0.717, 1.165) is 35.5 Å². The van der Waals surface area contributed by atoms with Gasteiger partial charge in [-0.05, 0) is 71.7 Å². The second-order valence-corrected chi connectivity index (χ2v) is 6.61. The number of amides is 1. The summed E-state index contributed by atoms with van der Waals surface area (Å²) < 4.78 is 1.87. The molecule has 1 aliphatic rings. The molecule has 1 N–H and O–H groups in total. The number of nitrogens with one attached hydrogen (secondary N) is 1. The number of carbonyl (C=O) groups excluding carboxylic acids is 1. The summed E-state index contributed by atoms with van der Waals surface area (Å²) >= 11 is 0. The standard InChI is InChI=1S/C20H18N6O/c21-13-15-3-1-14(2-4-15)5-12-19(27)22-17-8-6-16(7-9-17)20-23-24-25-26(20)18-10-11-18/h1-4,6-9,18H,5,10-12H2,(H,22,27). The Hall–Kier alpha value is -3.53. The Morgan fingerprint density at radius 1 is 1.15 bits per heavy atom. The number of benzene rings is 2. The van der Waals surface area contributed by atoms with Gasteiger partial charge in [0.25, 0.3) is 0 Å². The lowest BCUT2D eigenvalue weighted by Crippen LogP contribution is -2.12. The summed E-state index contributed by atoms with van der Waals surface area (Å²) in [4.78, 5) is 12.2. The van der Waals surface area contributed by atoms with Crippen molar-refractivity contribution in [2.45, 2.75) is 31.7 Å². The van der Waals surface area contributed by atoms with Gasteiger partial charge < -0.3 is 5.32 Å². The number of anilines is 1. The molecule has 0 unspecified atom stereocenters. The number of carbonyl (C=O) groups is 1. The number of hydrogen-bond donors (Lipinski definition) is 1. The van der Waals surface area contributed by atoms with Gasteiger partial charge in [0, 0.05) is 17.7 Å². The molecule has 0 bridgehead atoms. The van der Waals surface area contributed by atoms with Crippen LogP contribution < -0.4 is 5.32 Å². The van der Waals surface area contributed by atoms with Gasteiger partial charge in [0.05, 0.1) is 17.7 Å². The molecule has 1 aliphatic carbocycles. The monoisotopic (exact) mass is 358 g/mol. The Balaban J connectivity index is 1.34. The van der Waals surface area contributed by atoms with Crippen LogP contribution in [-0.4, -0.2) is 26.1 Å². The molecule has 1 fully saturated rings. The Labute approximate surface area is 156 Å². The summed E-state index contributed by atoms with van der Waals surface area (Å²) in [6, 6.07) is 17.3. The topological polar surface area (TPSA) is 96.5 Å². The van der Waals surface area contributed by atoms with Crippen LogP contribution in [0.5, 0.6) is 0 Å². The highest BCUT2D eigenvalue weighted by molar-refractivity contribution is 5.91. The van der Waals surface area contributed by atoms with E-state index in [4.69, 9.17) is 5.26 Å². The summed E-state index contributed by atoms with van der Waals surface area (Å²) in [5.74, 6) is 0.714. The van der Waals surface area contributed by atoms with Crippen molar-refractivity contribution in [3.63, 3.8) is 0 Å². The summed E-state index contributed by atoms with van der Waals surface area (Å²) in [6.45, 7) is 0. The molecule has 4 rings (SSSR count). The second kappa shape index (κ2) is 7.38. The van der Waals surface area contributed by atoms with Crippen LogP contribution in [0.15, 0.2) is 48.5 Å². The van der Waals surface area contributed by atoms with Crippen LogP contribution in [-0.2, 0) is 11.2 Å². The molecule has 1 amide bonds. The maximum absolute atomic E-state index is 12.2. The molecular formula is C20H18N6O. The zero-order valence-corrected chi connectivity index (χ0v) is 14.7. The van der Waals surface area contributed by atoms with Gasteiger partial charge in [0.2, 0.25) is 5.91 Å². The van der Waals surface area contributed by atoms with E-state index in [0.29, 0.717) is 24.4 Å². The lowest BCUT2D eigenvalue weighted by atomic mass is 10.1. The first-order valence-electron chi connectivity index (χ1n) is 8.90. The van der Waals surface area contributed by atoms with Crippen LogP contribution in [0, 0.1) is 11.3 Å². The number of rotatable bonds is 6. The van der Waals surface area contributed by atoms with Crippen LogP contribution in [0.1, 0.15) is 36.4 Å². The molecule has 7 nitrogen and oxygen atoms in total. The molecule has 0 aliphatic heterocycles. The number of tetrazole rings is 1. The minimum absolute atomic E-state index is 0.0464. The summed E-state index contributed by atoms with van der Waals surface area (Å²) in [5, 5.41) is 23.7. The van der Waals surface area contributed by atoms with Crippen molar-refractivity contribution in [1.29, 1.82) is 5.26 Å². The molecule has 0 spiro atoms. The van der Waals surface area contributed by atoms with Crippen LogP contribution in [0.2, 0.25) is 0 Å². The third-order valence-corrected chi connectivity index (χ3v) is 4.54. The van der Waals surface area contributed by atoms with Gasteiger partial charge in [-0.2, -0.15) is 5.26 Å². The normalized spacial score (nSPS) is 13.1. The fourth-order valence-corrected chi connectivity index (χ4v) is 2.88. The van der Waals surface area contributed by atoms with Crippen LogP contribution in [0.25, 0.3) is 11.4 Å². The number of aryl methyl sites for hydroxylation is 1. The Kier molecular flexibility index (Phi) is 4.62. The summed E-state index contributed by atoms with van der Waals surface area (Å²) in [7, 11) is 0. The molecule has 1 aromatic heterocycles. The number of nitriles is 1. The van der Waals surface area contributed by atoms with Crippen molar-refractivity contribution in [2.24, 2.45) is 0 Å². The number of hydrogen-bond acceptors (Lipinski definition) is 5. The fourth-order valence-electron chi connectivity index (χ4n) is 2.88. The average Bonchev–Trinajstić information content (AvgIpc) is 3.44. The van der Waals surface area contributed by atoms with Gasteiger partial charge in [-0.15, -0.1) is 5.10 Å². The van der Waals surface area contributed by atoms with Crippen molar-refractivity contribution < 1.29 is 4.79 Å². The summed E-state index contributed by atoms with van der Waals surface area (Å²) in [6.07, 6.45) is 3.25. The zero-order valence-electron chi connectivity index (χ0n) is 14.7. The smallest absolute Gasteiger partial charge is 0.224 e. The largest absolute Gasteiger partial charge is 0.326 e. The van der Waals surface area contributed by atoms with Gasteiger partial charge in [0.1, 0.15) is 0 Å². The van der Waals surface area contributed by atoms with Crippen LogP contribution >= 0.6 is 0 Å². The second-order valence-electron chi connectivity index (χ2n) is 6.61. The van der Waals surface area contributed by atoms with Crippen molar-refractivity contribution in [2.75, 3.05) is 5.32 Å². The minimum Gasteiger partial charge on any atom is -0.326 e. The van der Waals surface area contributed by atoms with E-state index in [-0.39, 0.29) is 5.91 Å². The van der Waals surface area contributed by atoms with E-state index in [1.54, 1.807) is 12.1 Å². The minimum atomic E-state index is -0.0464. The third-order valence-electron chi connectivity index (χ3n) is 4.54. The van der Waals surface area contributed by atoms with Gasteiger partial charge in [-0.3, -0.25) is 4.79 Å². The maximum atomic E-state index is 12.2. The first-order chi connectivity index (χ1) is 13.2. The average molecular weight is 358 g/mol. The molecule has 0 atom stereocenters. The summed E-state index contributed by atoms with van der Waals surface area (Å²) in [5.41, 5.74) is 3.33. The lowest BCUT2D eigenvalue weighted by Gasteiger charge is -2.07. The van der Waals surface area contributed by atoms with Gasteiger partial charge >= 0.3 is 0 Å². The van der Waals surface area contributed by atoms with Crippen molar-refractivity contribution in [1.82, 2.24) is 20.2 Å². The van der Waals surface area contributed by atoms with E-state index in [1.807, 2.05) is 41.1 Å². The predicted octanol–water partition coefficient (Wildman–Crippen LogP) is 3.12. The molecule has 2 aromatic carbocycles. The molecule has 7 heteroatoms. The van der Waals surface area contributed by atoms with Crippen LogP contribution in [0.4, 0.5) is 5.69 Å². The molecule has 134 valence electrons. The highest BCUT2D eigenvalue weighted by atomic mass is 16.1. The van der Waals surface area contributed by atoms with Gasteiger partial charge in [-0.1, -0.05) is 12.1 Å². The van der Waals surface area contributed by atoms with Crippen molar-refractivity contribution in [3.8, 4) is 17.5 Å². The third kappa shape index (κ3) is 4.01. The molecule has 0 saturated heterocycles. The van der Waals surface area contributed by atoms with E-state index >= 15 is 0 Å². The zero-order chi connectivity index (χ0) is 18.6. The Morgan fingerprint density at radius 3 is 2.56 bits per heavy atom. The van der Waals surface area contributed by atoms with Crippen molar-refractivity contribution in [3.05, 3.63) is 59.7 Å². The quantitative estimate of drug-likeness (QED) is 0.730. The molecule has 27 heavy (non-hydrogen) atoms. The number of nitrogens with zero attached hydrogens (tertiary/aromatic N) is 5. The lowest BCUT2D eigenvalue weighted by molar-refractivity contribution is -0.116. The first kappa shape index (κ1) is 16.9. The molecule has 3 aromatic rings. The molecule has 1 saturated carbocycles. The highest BCUT2D eigenvalue weighted by Crippen LogP contribution is 2.36. The number of aromatic nitrogens is 4. The predicted molar refractivity (Wildman–Crippen MR) is 99.6 cm³/mol. The van der Waals surface area contributed by atoms with E-state index in [2.05, 4.69) is 26.9 Å². The molecule has 1 heterocycles. The Morgan fingerprint density at radius 2 is 1.89 bits per heavy atom. The Bertz CT molecular complexity index is 981. The van der Waals surface area contributed by atoms with Crippen LogP contribution in [0.3, 0.4) is 0 Å². The fraction of sp³-hybridized carbons (Fsp3) is 0.250. The van der Waals surface area contributed by atoms with E-state index in [1.165, 1.54) is 0 Å². The highest BCUT2D eigenvalue weighted by Gasteiger charge is 2.28. The van der Waals surface area contributed by atoms with Crippen molar-refractivity contribution >= 4 is 11.6 Å². The van der Waals surface area contributed by atoms with E-state index < -0.39 is 0 Å². The molecule has 0 radical (unpaired) electrons. The maximum Gasteiger partial charge on any atom is 0.224 e. The first-order valence-corrected chi connectivity index (χ1v) is 8.90. The SMILES string of the molecule is N#Cc1ccc(CCC(=O)Nc2ccc(-c3nnnn3C3CC3)cc2)cc1. The van der Waals surface area contributed by atoms with E-state index in [9.17, 15) is 4.79 Å². The molecular weight excluding hydrogens is 340 g/mol. The van der Waals surface area contributed by atoms with Gasteiger partial charge in [-0.25, -0.2) is 4.68 Å².